The molecule has 0 saturated carbocycles. The fraction of sp³-hybridized carbons (Fsp3) is 0.143. The summed E-state index contributed by atoms with van der Waals surface area (Å²) < 4.78 is 14.5. The lowest BCUT2D eigenvalue weighted by Gasteiger charge is -2.40. The van der Waals surface area contributed by atoms with E-state index in [9.17, 15) is 4.39 Å². The van der Waals surface area contributed by atoms with Gasteiger partial charge in [-0.2, -0.15) is 0 Å². The summed E-state index contributed by atoms with van der Waals surface area (Å²) in [7, 11) is 0. The van der Waals surface area contributed by atoms with Crippen LogP contribution in [0.15, 0.2) is 109 Å². The van der Waals surface area contributed by atoms with Crippen molar-refractivity contribution in [1.82, 2.24) is 0 Å². The van der Waals surface area contributed by atoms with E-state index >= 15 is 0 Å². The van der Waals surface area contributed by atoms with Gasteiger partial charge in [-0.3, -0.25) is 0 Å². The molecule has 0 bridgehead atoms. The second-order valence-electron chi connectivity index (χ2n) is 10.2. The summed E-state index contributed by atoms with van der Waals surface area (Å²) in [5.74, 6) is -0.222. The molecule has 0 radical (unpaired) electrons. The first-order valence-electron chi connectivity index (χ1n) is 13.5. The summed E-state index contributed by atoms with van der Waals surface area (Å²) >= 11 is 0. The maximum absolute atomic E-state index is 14.5. The van der Waals surface area contributed by atoms with Crippen molar-refractivity contribution in [3.63, 3.8) is 0 Å². The quantitative estimate of drug-likeness (QED) is 0.237. The van der Waals surface area contributed by atoms with Crippen molar-refractivity contribution in [2.24, 2.45) is 0 Å². The van der Waals surface area contributed by atoms with Crippen LogP contribution in [0.4, 0.5) is 32.8 Å². The molecule has 1 heterocycles. The third kappa shape index (κ3) is 4.74. The molecule has 0 spiro atoms. The molecule has 2 N–H and O–H groups in total. The van der Waals surface area contributed by atoms with E-state index in [0.717, 1.165) is 46.1 Å². The van der Waals surface area contributed by atoms with Crippen LogP contribution < -0.4 is 15.5 Å². The van der Waals surface area contributed by atoms with Crippen LogP contribution in [0.1, 0.15) is 35.2 Å². The van der Waals surface area contributed by atoms with Crippen molar-refractivity contribution in [2.75, 3.05) is 22.1 Å². The van der Waals surface area contributed by atoms with Gasteiger partial charge in [-0.05, 0) is 97.1 Å². The van der Waals surface area contributed by atoms with Crippen LogP contribution >= 0.6 is 0 Å². The molecule has 0 aromatic heterocycles. The van der Waals surface area contributed by atoms with Crippen molar-refractivity contribution in [1.29, 1.82) is 0 Å². The molecule has 5 aromatic rings. The number of fused-ring (bicyclic) bond motifs is 3. The molecule has 0 aliphatic carbocycles. The van der Waals surface area contributed by atoms with Crippen molar-refractivity contribution >= 4 is 28.4 Å². The number of aryl methyl sites for hydroxylation is 2. The first-order valence-corrected chi connectivity index (χ1v) is 13.5. The highest BCUT2D eigenvalue weighted by atomic mass is 18.2. The SMILES string of the molecule is CCN1c2cc(Nc3ccccc3C)ccc2-c2ccc(Nc3ccccc3C)cc2C1c1cccc([18F])c1. The Labute approximate surface area is 230 Å². The van der Waals surface area contributed by atoms with Crippen LogP contribution in [0.25, 0.3) is 11.1 Å². The third-order valence-electron chi connectivity index (χ3n) is 7.61. The number of halogens is 1. The number of nitrogens with zero attached hydrogens (tertiary/aromatic N) is 1. The Hall–Kier alpha value is -4.57. The molecule has 1 atom stereocenters. The van der Waals surface area contributed by atoms with Gasteiger partial charge in [0.05, 0.1) is 6.04 Å². The van der Waals surface area contributed by atoms with E-state index in [2.05, 4.69) is 103 Å². The molecular formula is C35H32FN3. The summed E-state index contributed by atoms with van der Waals surface area (Å²) in [6.07, 6.45) is 0. The van der Waals surface area contributed by atoms with Crippen LogP contribution in [0.3, 0.4) is 0 Å². The zero-order chi connectivity index (χ0) is 26.9. The highest BCUT2D eigenvalue weighted by Gasteiger charge is 2.32. The van der Waals surface area contributed by atoms with Gasteiger partial charge >= 0.3 is 0 Å². The Morgan fingerprint density at radius 2 is 1.28 bits per heavy atom. The van der Waals surface area contributed by atoms with Gasteiger partial charge in [-0.1, -0.05) is 60.7 Å². The average Bonchev–Trinajstić information content (AvgIpc) is 2.94. The lowest BCUT2D eigenvalue weighted by Crippen LogP contribution is -2.33. The Balaban J connectivity index is 1.49. The molecule has 0 amide bonds. The number of anilines is 5. The van der Waals surface area contributed by atoms with Gasteiger partial charge < -0.3 is 15.5 Å². The predicted octanol–water partition coefficient (Wildman–Crippen LogP) is 9.53. The molecule has 4 heteroatoms. The first-order chi connectivity index (χ1) is 19.0. The monoisotopic (exact) mass is 512 g/mol. The molecule has 39 heavy (non-hydrogen) atoms. The number of hydrogen-bond acceptors (Lipinski definition) is 3. The highest BCUT2D eigenvalue weighted by molar-refractivity contribution is 5.89. The summed E-state index contributed by atoms with van der Waals surface area (Å²) in [5, 5.41) is 7.20. The van der Waals surface area contributed by atoms with E-state index in [1.165, 1.54) is 28.3 Å². The first kappa shape index (κ1) is 24.7. The normalized spacial score (nSPS) is 13.9. The fourth-order valence-electron chi connectivity index (χ4n) is 5.62. The fourth-order valence-corrected chi connectivity index (χ4v) is 5.62. The number of rotatable bonds is 6. The number of nitrogens with one attached hydrogen (secondary N) is 2. The van der Waals surface area contributed by atoms with Gasteiger partial charge in [-0.15, -0.1) is 0 Å². The van der Waals surface area contributed by atoms with E-state index in [0.29, 0.717) is 0 Å². The molecule has 0 fully saturated rings. The van der Waals surface area contributed by atoms with E-state index in [-0.39, 0.29) is 11.9 Å². The van der Waals surface area contributed by atoms with Crippen LogP contribution in [0, 0.1) is 19.7 Å². The molecule has 5 aromatic carbocycles. The Morgan fingerprint density at radius 1 is 0.667 bits per heavy atom. The molecule has 1 aliphatic heterocycles. The summed E-state index contributed by atoms with van der Waals surface area (Å²) in [5.41, 5.74) is 12.2. The molecule has 1 unspecified atom stereocenters. The van der Waals surface area contributed by atoms with Crippen LogP contribution in [0.2, 0.25) is 0 Å². The molecule has 3 nitrogen and oxygen atoms in total. The van der Waals surface area contributed by atoms with Crippen molar-refractivity contribution in [3.8, 4) is 11.1 Å². The van der Waals surface area contributed by atoms with E-state index in [1.54, 1.807) is 12.1 Å². The second kappa shape index (κ2) is 10.3. The average molecular weight is 513 g/mol. The minimum Gasteiger partial charge on any atom is -0.360 e. The highest BCUT2D eigenvalue weighted by Crippen LogP contribution is 2.49. The minimum atomic E-state index is -0.222. The molecule has 6 rings (SSSR count). The zero-order valence-corrected chi connectivity index (χ0v) is 22.5. The maximum Gasteiger partial charge on any atom is 0.123 e. The van der Waals surface area contributed by atoms with Crippen LogP contribution in [-0.4, -0.2) is 6.54 Å². The van der Waals surface area contributed by atoms with Crippen LogP contribution in [0.5, 0.6) is 0 Å². The third-order valence-corrected chi connectivity index (χ3v) is 7.61. The smallest absolute Gasteiger partial charge is 0.123 e. The predicted molar refractivity (Wildman–Crippen MR) is 162 cm³/mol. The Bertz CT molecular complexity index is 1660. The van der Waals surface area contributed by atoms with Crippen LogP contribution in [-0.2, 0) is 0 Å². The molecule has 1 aliphatic rings. The van der Waals surface area contributed by atoms with Gasteiger partial charge in [0.25, 0.3) is 0 Å². The lowest BCUT2D eigenvalue weighted by atomic mass is 9.84. The van der Waals surface area contributed by atoms with Gasteiger partial charge in [0, 0.05) is 40.5 Å². The van der Waals surface area contributed by atoms with Gasteiger partial charge in [-0.25, -0.2) is 4.39 Å². The standard InChI is InChI=1S/C35H32FN3/c1-4-39-34-22-28(38-33-15-8-6-11-24(33)3)17-19-30(34)29-18-16-27(37-32-14-7-5-10-23(32)2)21-31(29)35(39)25-12-9-13-26(36)20-25/h5-22,35,37-38H,4H2,1-3H3/i36-1. The van der Waals surface area contributed by atoms with E-state index < -0.39 is 0 Å². The van der Waals surface area contributed by atoms with E-state index in [4.69, 9.17) is 0 Å². The Morgan fingerprint density at radius 3 is 1.90 bits per heavy atom. The summed E-state index contributed by atoms with van der Waals surface area (Å²) in [4.78, 5) is 2.38. The number of benzene rings is 5. The van der Waals surface area contributed by atoms with Crippen molar-refractivity contribution in [3.05, 3.63) is 137 Å². The van der Waals surface area contributed by atoms with E-state index in [1.807, 2.05) is 24.3 Å². The largest absolute Gasteiger partial charge is 0.360 e. The summed E-state index contributed by atoms with van der Waals surface area (Å²) in [6, 6.07) is 36.6. The Kier molecular flexibility index (Phi) is 6.54. The topological polar surface area (TPSA) is 27.3 Å². The van der Waals surface area contributed by atoms with Crippen molar-refractivity contribution in [2.45, 2.75) is 26.8 Å². The maximum atomic E-state index is 14.5. The van der Waals surface area contributed by atoms with Gasteiger partial charge in [0.2, 0.25) is 0 Å². The molecular weight excluding hydrogens is 480 g/mol. The zero-order valence-electron chi connectivity index (χ0n) is 22.5. The summed E-state index contributed by atoms with van der Waals surface area (Å²) in [6.45, 7) is 7.15. The number of hydrogen-bond donors (Lipinski definition) is 2. The number of para-hydroxylation sites is 2. The molecule has 194 valence electrons. The lowest BCUT2D eigenvalue weighted by molar-refractivity contribution is 0.620. The second-order valence-corrected chi connectivity index (χ2v) is 10.2. The van der Waals surface area contributed by atoms with Crippen molar-refractivity contribution < 1.29 is 4.39 Å². The molecule has 0 saturated heterocycles. The van der Waals surface area contributed by atoms with Gasteiger partial charge in [0.15, 0.2) is 0 Å². The van der Waals surface area contributed by atoms with Gasteiger partial charge in [0.1, 0.15) is 5.82 Å². The minimum absolute atomic E-state index is 0.125.